The molecule has 86 valence electrons. The molecule has 1 rings (SSSR count). The molecule has 0 fully saturated rings. The molecule has 1 aromatic rings. The first-order chi connectivity index (χ1) is 7.34. The van der Waals surface area contributed by atoms with Crippen LogP contribution < -0.4 is 0 Å². The average Bonchev–Trinajstić information content (AvgIpc) is 2.26. The predicted octanol–water partition coefficient (Wildman–Crippen LogP) is 3.44. The Morgan fingerprint density at radius 3 is 2.06 bits per heavy atom. The van der Waals surface area contributed by atoms with Crippen molar-refractivity contribution in [1.82, 2.24) is 0 Å². The van der Waals surface area contributed by atoms with Gasteiger partial charge in [-0.05, 0) is 6.92 Å². The molecule has 0 N–H and O–H groups in total. The standard InChI is InChI=1S/C11H9Cl3O2/c1-7(10(16)11(12,13)14)9(15)8-5-3-2-4-6-8/h2-7H,1H3. The van der Waals surface area contributed by atoms with E-state index < -0.39 is 15.5 Å². The lowest BCUT2D eigenvalue weighted by molar-refractivity contribution is -0.120. The van der Waals surface area contributed by atoms with Crippen LogP contribution in [0.25, 0.3) is 0 Å². The number of Topliss-reactive ketones (excluding diaryl/α,β-unsaturated/α-hetero) is 2. The Labute approximate surface area is 108 Å². The van der Waals surface area contributed by atoms with Crippen LogP contribution >= 0.6 is 34.8 Å². The molecule has 1 unspecified atom stereocenters. The molecule has 0 amide bonds. The number of hydrogen-bond acceptors (Lipinski definition) is 2. The second-order valence-corrected chi connectivity index (χ2v) is 5.60. The van der Waals surface area contributed by atoms with Crippen LogP contribution in [-0.2, 0) is 4.79 Å². The third-order valence-corrected chi connectivity index (χ3v) is 2.68. The lowest BCUT2D eigenvalue weighted by Crippen LogP contribution is -2.31. The number of rotatable bonds is 3. The normalized spacial score (nSPS) is 13.2. The fraction of sp³-hybridized carbons (Fsp3) is 0.273. The van der Waals surface area contributed by atoms with Crippen molar-refractivity contribution in [1.29, 1.82) is 0 Å². The van der Waals surface area contributed by atoms with Crippen molar-refractivity contribution in [2.75, 3.05) is 0 Å². The zero-order valence-corrected chi connectivity index (χ0v) is 10.7. The van der Waals surface area contributed by atoms with Crippen LogP contribution in [0, 0.1) is 5.92 Å². The number of carbonyl (C=O) groups is 2. The van der Waals surface area contributed by atoms with Gasteiger partial charge < -0.3 is 0 Å². The molecule has 0 heterocycles. The summed E-state index contributed by atoms with van der Waals surface area (Å²) in [5, 5.41) is 0. The molecule has 16 heavy (non-hydrogen) atoms. The van der Waals surface area contributed by atoms with E-state index in [0.717, 1.165) is 0 Å². The fourth-order valence-electron chi connectivity index (χ4n) is 1.22. The molecule has 0 aliphatic heterocycles. The summed E-state index contributed by atoms with van der Waals surface area (Å²) in [5.41, 5.74) is 0.428. The molecule has 0 spiro atoms. The van der Waals surface area contributed by atoms with E-state index in [1.165, 1.54) is 6.92 Å². The molecule has 1 atom stereocenters. The van der Waals surface area contributed by atoms with Gasteiger partial charge >= 0.3 is 0 Å². The molecular formula is C11H9Cl3O2. The van der Waals surface area contributed by atoms with Crippen LogP contribution in [0.2, 0.25) is 0 Å². The SMILES string of the molecule is CC(C(=O)c1ccccc1)C(=O)C(Cl)(Cl)Cl. The first-order valence-corrected chi connectivity index (χ1v) is 5.67. The number of ketones is 2. The predicted molar refractivity (Wildman–Crippen MR) is 65.2 cm³/mol. The smallest absolute Gasteiger partial charge is 0.249 e. The van der Waals surface area contributed by atoms with Crippen molar-refractivity contribution in [2.24, 2.45) is 5.92 Å². The van der Waals surface area contributed by atoms with Crippen LogP contribution in [0.3, 0.4) is 0 Å². The van der Waals surface area contributed by atoms with E-state index in [0.29, 0.717) is 5.56 Å². The minimum atomic E-state index is -2.05. The molecule has 5 heteroatoms. The molecular weight excluding hydrogens is 270 g/mol. The zero-order chi connectivity index (χ0) is 12.3. The van der Waals surface area contributed by atoms with Crippen molar-refractivity contribution >= 4 is 46.4 Å². The van der Waals surface area contributed by atoms with Crippen LogP contribution in [0.5, 0.6) is 0 Å². The largest absolute Gasteiger partial charge is 0.294 e. The molecule has 1 aromatic carbocycles. The highest BCUT2D eigenvalue weighted by molar-refractivity contribution is 6.76. The highest BCUT2D eigenvalue weighted by atomic mass is 35.6. The maximum Gasteiger partial charge on any atom is 0.249 e. The average molecular weight is 280 g/mol. The molecule has 2 nitrogen and oxygen atoms in total. The number of benzene rings is 1. The summed E-state index contributed by atoms with van der Waals surface area (Å²) in [6.07, 6.45) is 0. The van der Waals surface area contributed by atoms with E-state index in [2.05, 4.69) is 0 Å². The summed E-state index contributed by atoms with van der Waals surface area (Å²) < 4.78 is -2.05. The molecule has 0 aliphatic rings. The van der Waals surface area contributed by atoms with E-state index >= 15 is 0 Å². The molecule has 0 saturated heterocycles. The van der Waals surface area contributed by atoms with Crippen LogP contribution in [-0.4, -0.2) is 15.4 Å². The summed E-state index contributed by atoms with van der Waals surface area (Å²) in [4.78, 5) is 23.4. The summed E-state index contributed by atoms with van der Waals surface area (Å²) in [6.45, 7) is 1.43. The highest BCUT2D eigenvalue weighted by Crippen LogP contribution is 2.31. The zero-order valence-electron chi connectivity index (χ0n) is 8.41. The molecule has 0 aliphatic carbocycles. The van der Waals surface area contributed by atoms with Crippen LogP contribution in [0.1, 0.15) is 17.3 Å². The fourth-order valence-corrected chi connectivity index (χ4v) is 1.71. The lowest BCUT2D eigenvalue weighted by Gasteiger charge is -2.14. The molecule has 0 bridgehead atoms. The number of hydrogen-bond donors (Lipinski definition) is 0. The van der Waals surface area contributed by atoms with Gasteiger partial charge in [0.1, 0.15) is 0 Å². The van der Waals surface area contributed by atoms with Gasteiger partial charge in [0, 0.05) is 5.56 Å². The van der Waals surface area contributed by atoms with Gasteiger partial charge in [0.05, 0.1) is 5.92 Å². The maximum atomic E-state index is 11.8. The van der Waals surface area contributed by atoms with Crippen molar-refractivity contribution < 1.29 is 9.59 Å². The third kappa shape index (κ3) is 3.21. The first-order valence-electron chi connectivity index (χ1n) is 4.54. The summed E-state index contributed by atoms with van der Waals surface area (Å²) in [7, 11) is 0. The quantitative estimate of drug-likeness (QED) is 0.482. The minimum Gasteiger partial charge on any atom is -0.294 e. The van der Waals surface area contributed by atoms with Gasteiger partial charge in [0.25, 0.3) is 0 Å². The van der Waals surface area contributed by atoms with Crippen molar-refractivity contribution in [3.05, 3.63) is 35.9 Å². The summed E-state index contributed by atoms with van der Waals surface area (Å²) in [5.74, 6) is -2.03. The van der Waals surface area contributed by atoms with Crippen LogP contribution in [0.4, 0.5) is 0 Å². The number of alkyl halides is 3. The Kier molecular flexibility index (Phi) is 4.36. The number of halogens is 3. The Morgan fingerprint density at radius 2 is 1.62 bits per heavy atom. The maximum absolute atomic E-state index is 11.8. The number of carbonyl (C=O) groups excluding carboxylic acids is 2. The second-order valence-electron chi connectivity index (χ2n) is 3.31. The van der Waals surface area contributed by atoms with E-state index in [1.807, 2.05) is 0 Å². The van der Waals surface area contributed by atoms with Gasteiger partial charge in [-0.3, -0.25) is 9.59 Å². The molecule has 0 saturated carbocycles. The molecule has 0 radical (unpaired) electrons. The van der Waals surface area contributed by atoms with Crippen molar-refractivity contribution in [3.63, 3.8) is 0 Å². The molecule has 0 aromatic heterocycles. The van der Waals surface area contributed by atoms with Gasteiger partial charge in [-0.2, -0.15) is 0 Å². The van der Waals surface area contributed by atoms with Gasteiger partial charge in [-0.25, -0.2) is 0 Å². The highest BCUT2D eigenvalue weighted by Gasteiger charge is 2.37. The van der Waals surface area contributed by atoms with Crippen molar-refractivity contribution in [2.45, 2.75) is 10.7 Å². The van der Waals surface area contributed by atoms with Crippen molar-refractivity contribution in [3.8, 4) is 0 Å². The van der Waals surface area contributed by atoms with Gasteiger partial charge in [-0.1, -0.05) is 65.1 Å². The summed E-state index contributed by atoms with van der Waals surface area (Å²) >= 11 is 16.3. The Balaban J connectivity index is 2.88. The van der Waals surface area contributed by atoms with E-state index in [9.17, 15) is 9.59 Å². The topological polar surface area (TPSA) is 34.1 Å². The Hall–Kier alpha value is -0.570. The minimum absolute atomic E-state index is 0.350. The van der Waals surface area contributed by atoms with Gasteiger partial charge in [0.2, 0.25) is 3.79 Å². The Morgan fingerprint density at radius 1 is 1.12 bits per heavy atom. The first kappa shape index (κ1) is 13.5. The van der Waals surface area contributed by atoms with E-state index in [1.54, 1.807) is 30.3 Å². The Bertz CT molecular complexity index is 395. The third-order valence-electron chi connectivity index (χ3n) is 2.12. The second kappa shape index (κ2) is 5.17. The summed E-state index contributed by atoms with van der Waals surface area (Å²) in [6, 6.07) is 8.42. The van der Waals surface area contributed by atoms with E-state index in [4.69, 9.17) is 34.8 Å². The van der Waals surface area contributed by atoms with Gasteiger partial charge in [0.15, 0.2) is 11.6 Å². The monoisotopic (exact) mass is 278 g/mol. The van der Waals surface area contributed by atoms with Gasteiger partial charge in [-0.15, -0.1) is 0 Å². The van der Waals surface area contributed by atoms with E-state index in [-0.39, 0.29) is 5.78 Å². The van der Waals surface area contributed by atoms with Crippen LogP contribution in [0.15, 0.2) is 30.3 Å². The lowest BCUT2D eigenvalue weighted by atomic mass is 9.96.